The molecule has 2 amide bonds. The monoisotopic (exact) mass is 434 g/mol. The molecule has 3 rings (SSSR count). The van der Waals surface area contributed by atoms with Crippen LogP contribution in [0.5, 0.6) is 0 Å². The number of carbonyl (C=O) groups is 2. The van der Waals surface area contributed by atoms with Crippen molar-refractivity contribution in [1.82, 2.24) is 5.32 Å². The summed E-state index contributed by atoms with van der Waals surface area (Å²) in [5, 5.41) is 8.03. The van der Waals surface area contributed by atoms with Gasteiger partial charge in [-0.05, 0) is 60.4 Å². The molecule has 0 saturated carbocycles. The first-order valence-electron chi connectivity index (χ1n) is 10.9. The Hall–Kier alpha value is -2.92. The first-order chi connectivity index (χ1) is 15.2. The van der Waals surface area contributed by atoms with E-state index in [1.54, 1.807) is 11.3 Å². The molecule has 0 saturated heterocycles. The molecule has 0 unspecified atom stereocenters. The van der Waals surface area contributed by atoms with Crippen LogP contribution in [-0.2, 0) is 16.0 Å². The van der Waals surface area contributed by atoms with Gasteiger partial charge in [0, 0.05) is 30.0 Å². The Balaban J connectivity index is 1.26. The zero-order chi connectivity index (χ0) is 21.7. The highest BCUT2D eigenvalue weighted by Crippen LogP contribution is 2.22. The first kappa shape index (κ1) is 22.8. The molecule has 0 fully saturated rings. The standard InChI is InChI=1S/C26H30N2O2S/c29-25(17-8-14-24-15-9-19-31-24)27-18-6-2-5-16-26(30)28-23-13-7-12-22(20-23)21-10-3-1-4-11-21/h1,3-4,7,9-13,15,19-20H,2,5-6,8,14,16-18H2,(H,27,29)(H,28,30). The van der Waals surface area contributed by atoms with E-state index in [-0.39, 0.29) is 11.8 Å². The van der Waals surface area contributed by atoms with Crippen molar-refractivity contribution >= 4 is 28.8 Å². The average molecular weight is 435 g/mol. The minimum absolute atomic E-state index is 0.0304. The number of carbonyl (C=O) groups excluding carboxylic acids is 2. The molecule has 2 aromatic carbocycles. The van der Waals surface area contributed by atoms with Crippen molar-refractivity contribution < 1.29 is 9.59 Å². The van der Waals surface area contributed by atoms with Crippen molar-refractivity contribution in [2.45, 2.75) is 44.9 Å². The third-order valence-electron chi connectivity index (χ3n) is 5.06. The highest BCUT2D eigenvalue weighted by atomic mass is 32.1. The molecule has 3 aromatic rings. The molecule has 0 spiro atoms. The van der Waals surface area contributed by atoms with Crippen molar-refractivity contribution in [3.05, 3.63) is 77.0 Å². The van der Waals surface area contributed by atoms with Gasteiger partial charge in [0.1, 0.15) is 0 Å². The van der Waals surface area contributed by atoms with Crippen molar-refractivity contribution in [2.75, 3.05) is 11.9 Å². The number of hydrogen-bond donors (Lipinski definition) is 2. The van der Waals surface area contributed by atoms with E-state index in [0.29, 0.717) is 19.4 Å². The molecule has 4 nitrogen and oxygen atoms in total. The second-order valence-corrected chi connectivity index (χ2v) is 8.62. The fourth-order valence-electron chi connectivity index (χ4n) is 3.41. The summed E-state index contributed by atoms with van der Waals surface area (Å²) < 4.78 is 0. The van der Waals surface area contributed by atoms with Crippen LogP contribution in [0.4, 0.5) is 5.69 Å². The van der Waals surface area contributed by atoms with E-state index in [9.17, 15) is 9.59 Å². The molecule has 1 aromatic heterocycles. The zero-order valence-corrected chi connectivity index (χ0v) is 18.6. The summed E-state index contributed by atoms with van der Waals surface area (Å²) in [5.41, 5.74) is 3.04. The molecule has 0 aliphatic rings. The predicted octanol–water partition coefficient (Wildman–Crippen LogP) is 6.05. The van der Waals surface area contributed by atoms with Crippen LogP contribution in [0.1, 0.15) is 43.4 Å². The molecule has 0 radical (unpaired) electrons. The van der Waals surface area contributed by atoms with Gasteiger partial charge in [-0.3, -0.25) is 9.59 Å². The molecule has 0 atom stereocenters. The van der Waals surface area contributed by atoms with Gasteiger partial charge in [-0.25, -0.2) is 0 Å². The normalized spacial score (nSPS) is 10.6. The van der Waals surface area contributed by atoms with Crippen LogP contribution in [0, 0.1) is 0 Å². The smallest absolute Gasteiger partial charge is 0.224 e. The Morgan fingerprint density at radius 1 is 0.742 bits per heavy atom. The maximum absolute atomic E-state index is 12.2. The van der Waals surface area contributed by atoms with Crippen molar-refractivity contribution in [1.29, 1.82) is 0 Å². The van der Waals surface area contributed by atoms with E-state index in [4.69, 9.17) is 0 Å². The minimum atomic E-state index is 0.0304. The van der Waals surface area contributed by atoms with E-state index >= 15 is 0 Å². The van der Waals surface area contributed by atoms with Gasteiger partial charge in [-0.15, -0.1) is 11.3 Å². The maximum atomic E-state index is 12.2. The van der Waals surface area contributed by atoms with Crippen LogP contribution in [0.15, 0.2) is 72.1 Å². The van der Waals surface area contributed by atoms with Gasteiger partial charge in [0.2, 0.25) is 11.8 Å². The summed E-state index contributed by atoms with van der Waals surface area (Å²) in [7, 11) is 0. The number of amides is 2. The van der Waals surface area contributed by atoms with Crippen LogP contribution in [0.3, 0.4) is 0 Å². The number of hydrogen-bond acceptors (Lipinski definition) is 3. The van der Waals surface area contributed by atoms with Crippen LogP contribution >= 0.6 is 11.3 Å². The van der Waals surface area contributed by atoms with E-state index in [1.807, 2.05) is 48.5 Å². The van der Waals surface area contributed by atoms with Gasteiger partial charge >= 0.3 is 0 Å². The van der Waals surface area contributed by atoms with E-state index in [0.717, 1.165) is 48.9 Å². The number of benzene rings is 2. The molecule has 31 heavy (non-hydrogen) atoms. The Morgan fingerprint density at radius 3 is 2.35 bits per heavy atom. The Kier molecular flexibility index (Phi) is 9.32. The molecule has 0 bridgehead atoms. The quantitative estimate of drug-likeness (QED) is 0.341. The lowest BCUT2D eigenvalue weighted by atomic mass is 10.1. The highest BCUT2D eigenvalue weighted by Gasteiger charge is 2.05. The van der Waals surface area contributed by atoms with Crippen molar-refractivity contribution in [3.8, 4) is 11.1 Å². The van der Waals surface area contributed by atoms with E-state index in [1.165, 1.54) is 4.88 Å². The summed E-state index contributed by atoms with van der Waals surface area (Å²) in [6.45, 7) is 0.679. The Bertz CT molecular complexity index is 939. The van der Waals surface area contributed by atoms with Gasteiger partial charge in [-0.1, -0.05) is 55.0 Å². The number of thiophene rings is 1. The number of rotatable bonds is 12. The predicted molar refractivity (Wildman–Crippen MR) is 129 cm³/mol. The number of aryl methyl sites for hydroxylation is 1. The lowest BCUT2D eigenvalue weighted by Gasteiger charge is -2.08. The molecule has 1 heterocycles. The van der Waals surface area contributed by atoms with Gasteiger partial charge < -0.3 is 10.6 Å². The van der Waals surface area contributed by atoms with Gasteiger partial charge in [0.25, 0.3) is 0 Å². The van der Waals surface area contributed by atoms with Gasteiger partial charge in [-0.2, -0.15) is 0 Å². The van der Waals surface area contributed by atoms with Crippen molar-refractivity contribution in [3.63, 3.8) is 0 Å². The second kappa shape index (κ2) is 12.7. The average Bonchev–Trinajstić information content (AvgIpc) is 3.30. The van der Waals surface area contributed by atoms with Crippen LogP contribution in [-0.4, -0.2) is 18.4 Å². The fraction of sp³-hybridized carbons (Fsp3) is 0.308. The minimum Gasteiger partial charge on any atom is -0.356 e. The lowest BCUT2D eigenvalue weighted by Crippen LogP contribution is -2.24. The summed E-state index contributed by atoms with van der Waals surface area (Å²) in [6.07, 6.45) is 5.55. The molecular weight excluding hydrogens is 404 g/mol. The third-order valence-corrected chi connectivity index (χ3v) is 6.00. The van der Waals surface area contributed by atoms with Crippen molar-refractivity contribution in [2.24, 2.45) is 0 Å². The van der Waals surface area contributed by atoms with Gasteiger partial charge in [0.15, 0.2) is 0 Å². The first-order valence-corrected chi connectivity index (χ1v) is 11.8. The summed E-state index contributed by atoms with van der Waals surface area (Å²) in [4.78, 5) is 25.4. The number of nitrogens with one attached hydrogen (secondary N) is 2. The number of anilines is 1. The Morgan fingerprint density at radius 2 is 1.55 bits per heavy atom. The summed E-state index contributed by atoms with van der Waals surface area (Å²) in [5.74, 6) is 0.149. The molecule has 0 aliphatic heterocycles. The van der Waals surface area contributed by atoms with Crippen LogP contribution in [0.25, 0.3) is 11.1 Å². The molecule has 0 aliphatic carbocycles. The summed E-state index contributed by atoms with van der Waals surface area (Å²) >= 11 is 1.74. The third kappa shape index (κ3) is 8.38. The van der Waals surface area contributed by atoms with Crippen LogP contribution < -0.4 is 10.6 Å². The van der Waals surface area contributed by atoms with Crippen LogP contribution in [0.2, 0.25) is 0 Å². The summed E-state index contributed by atoms with van der Waals surface area (Å²) in [6, 6.07) is 22.2. The second-order valence-electron chi connectivity index (χ2n) is 7.59. The van der Waals surface area contributed by atoms with E-state index < -0.39 is 0 Å². The number of unbranched alkanes of at least 4 members (excludes halogenated alkanes) is 2. The largest absolute Gasteiger partial charge is 0.356 e. The zero-order valence-electron chi connectivity index (χ0n) is 17.8. The molecular formula is C26H30N2O2S. The molecule has 2 N–H and O–H groups in total. The fourth-order valence-corrected chi connectivity index (χ4v) is 4.16. The highest BCUT2D eigenvalue weighted by molar-refractivity contribution is 7.09. The topological polar surface area (TPSA) is 58.2 Å². The SMILES string of the molecule is O=C(CCCc1cccs1)NCCCCCC(=O)Nc1cccc(-c2ccccc2)c1. The maximum Gasteiger partial charge on any atom is 0.224 e. The van der Waals surface area contributed by atoms with Gasteiger partial charge in [0.05, 0.1) is 0 Å². The van der Waals surface area contributed by atoms with E-state index in [2.05, 4.69) is 34.2 Å². The molecule has 5 heteroatoms. The molecule has 162 valence electrons. The lowest BCUT2D eigenvalue weighted by molar-refractivity contribution is -0.121. The Labute approximate surface area is 188 Å².